The van der Waals surface area contributed by atoms with E-state index in [0.29, 0.717) is 12.3 Å². The van der Waals surface area contributed by atoms with E-state index >= 15 is 0 Å². The molecule has 5 nitrogen and oxygen atoms in total. The predicted octanol–water partition coefficient (Wildman–Crippen LogP) is 4.32. The molecule has 0 aliphatic carbocycles. The Bertz CT molecular complexity index is 800. The molecular weight excluding hydrogens is 357 g/mol. The maximum absolute atomic E-state index is 13.1. The Morgan fingerprint density at radius 3 is 2.43 bits per heavy atom. The number of carbonyl (C=O) groups is 1. The molecule has 0 amide bonds. The molecule has 0 bridgehead atoms. The molecule has 1 aromatic heterocycles. The van der Waals surface area contributed by atoms with Gasteiger partial charge in [0, 0.05) is 37.7 Å². The second-order valence-corrected chi connectivity index (χ2v) is 8.51. The van der Waals surface area contributed by atoms with Crippen LogP contribution in [-0.4, -0.2) is 33.9 Å². The fourth-order valence-electron chi connectivity index (χ4n) is 3.46. The first-order valence-electron chi connectivity index (χ1n) is 10.0. The molecule has 0 unspecified atom stereocenters. The van der Waals surface area contributed by atoms with Gasteiger partial charge in [0.1, 0.15) is 5.82 Å². The molecule has 28 heavy (non-hydrogen) atoms. The zero-order valence-corrected chi connectivity index (χ0v) is 17.2. The lowest BCUT2D eigenvalue weighted by molar-refractivity contribution is -0.204. The van der Waals surface area contributed by atoms with Crippen molar-refractivity contribution in [3.63, 3.8) is 0 Å². The molecule has 1 fully saturated rings. The number of nitrogens with zero attached hydrogens (tertiary/aromatic N) is 3. The highest BCUT2D eigenvalue weighted by Gasteiger charge is 2.30. The summed E-state index contributed by atoms with van der Waals surface area (Å²) in [5, 5.41) is 6.53. The molecule has 1 saturated heterocycles. The van der Waals surface area contributed by atoms with Crippen LogP contribution in [0.15, 0.2) is 30.3 Å². The van der Waals surface area contributed by atoms with Crippen LogP contribution in [-0.2, 0) is 22.6 Å². The standard InChI is InChI=1S/C22H30FN3O2/c1-5-26-20(15-19(24-26)14-16-6-8-18(23)9-7-16)17-10-12-25(13-11-17)28-21(27)22(2,3)4/h6-9,15,17H,5,10-14H2,1-4H3. The van der Waals surface area contributed by atoms with Gasteiger partial charge in [-0.25, -0.2) is 9.18 Å². The predicted molar refractivity (Wildman–Crippen MR) is 106 cm³/mol. The number of rotatable bonds is 5. The van der Waals surface area contributed by atoms with E-state index in [-0.39, 0.29) is 11.8 Å². The Kier molecular flexibility index (Phi) is 6.18. The van der Waals surface area contributed by atoms with Crippen molar-refractivity contribution in [1.29, 1.82) is 0 Å². The molecule has 2 aromatic rings. The SMILES string of the molecule is CCn1nc(Cc2ccc(F)cc2)cc1C1CCN(OC(=O)C(C)(C)C)CC1. The molecule has 1 aliphatic rings. The molecular formula is C22H30FN3O2. The van der Waals surface area contributed by atoms with E-state index in [4.69, 9.17) is 9.94 Å². The fourth-order valence-corrected chi connectivity index (χ4v) is 3.46. The molecule has 6 heteroatoms. The minimum atomic E-state index is -0.493. The van der Waals surface area contributed by atoms with Crippen molar-refractivity contribution < 1.29 is 14.0 Å². The van der Waals surface area contributed by atoms with Crippen LogP contribution in [0.25, 0.3) is 0 Å². The van der Waals surface area contributed by atoms with Crippen LogP contribution in [0.1, 0.15) is 63.4 Å². The summed E-state index contributed by atoms with van der Waals surface area (Å²) in [6, 6.07) is 8.77. The summed E-state index contributed by atoms with van der Waals surface area (Å²) in [7, 11) is 0. The maximum Gasteiger partial charge on any atom is 0.330 e. The Morgan fingerprint density at radius 2 is 1.86 bits per heavy atom. The van der Waals surface area contributed by atoms with Crippen LogP contribution in [0.2, 0.25) is 0 Å². The van der Waals surface area contributed by atoms with Crippen molar-refractivity contribution in [2.45, 2.75) is 59.4 Å². The number of halogens is 1. The van der Waals surface area contributed by atoms with Gasteiger partial charge in [-0.1, -0.05) is 12.1 Å². The highest BCUT2D eigenvalue weighted by molar-refractivity contribution is 5.75. The molecule has 0 radical (unpaired) electrons. The smallest absolute Gasteiger partial charge is 0.330 e. The first-order chi connectivity index (χ1) is 13.3. The van der Waals surface area contributed by atoms with E-state index in [2.05, 4.69) is 17.7 Å². The number of aryl methyl sites for hydroxylation is 1. The topological polar surface area (TPSA) is 47.4 Å². The van der Waals surface area contributed by atoms with Gasteiger partial charge in [0.2, 0.25) is 0 Å². The quantitative estimate of drug-likeness (QED) is 0.767. The molecule has 3 rings (SSSR count). The number of hydrogen-bond donors (Lipinski definition) is 0. The number of aromatic nitrogens is 2. The summed E-state index contributed by atoms with van der Waals surface area (Å²) in [5.74, 6) is -0.00686. The summed E-state index contributed by atoms with van der Waals surface area (Å²) >= 11 is 0. The lowest BCUT2D eigenvalue weighted by atomic mass is 9.93. The number of hydroxylamine groups is 2. The van der Waals surface area contributed by atoms with Gasteiger partial charge >= 0.3 is 5.97 Å². The first kappa shape index (κ1) is 20.5. The molecule has 152 valence electrons. The Balaban J connectivity index is 1.63. The van der Waals surface area contributed by atoms with E-state index in [1.807, 2.05) is 32.9 Å². The minimum Gasteiger partial charge on any atom is -0.367 e. The summed E-state index contributed by atoms with van der Waals surface area (Å²) < 4.78 is 15.2. The number of piperidine rings is 1. The largest absolute Gasteiger partial charge is 0.367 e. The van der Waals surface area contributed by atoms with Crippen LogP contribution in [0.5, 0.6) is 0 Å². The van der Waals surface area contributed by atoms with Gasteiger partial charge in [-0.05, 0) is 64.3 Å². The van der Waals surface area contributed by atoms with Crippen LogP contribution in [0.3, 0.4) is 0 Å². The number of benzene rings is 1. The van der Waals surface area contributed by atoms with Crippen molar-refractivity contribution in [2.24, 2.45) is 5.41 Å². The van der Waals surface area contributed by atoms with E-state index < -0.39 is 5.41 Å². The zero-order valence-electron chi connectivity index (χ0n) is 17.2. The van der Waals surface area contributed by atoms with Gasteiger partial charge in [0.05, 0.1) is 11.1 Å². The second-order valence-electron chi connectivity index (χ2n) is 8.51. The first-order valence-corrected chi connectivity index (χ1v) is 10.0. The van der Waals surface area contributed by atoms with Gasteiger partial charge in [-0.3, -0.25) is 4.68 Å². The normalized spacial score (nSPS) is 16.3. The molecule has 2 heterocycles. The fraction of sp³-hybridized carbons (Fsp3) is 0.545. The molecule has 0 N–H and O–H groups in total. The Hall–Kier alpha value is -2.21. The second kappa shape index (κ2) is 8.43. The average molecular weight is 387 g/mol. The van der Waals surface area contributed by atoms with Crippen LogP contribution in [0, 0.1) is 11.2 Å². The van der Waals surface area contributed by atoms with Crippen molar-refractivity contribution in [1.82, 2.24) is 14.8 Å². The number of hydrogen-bond acceptors (Lipinski definition) is 4. The third-order valence-electron chi connectivity index (χ3n) is 5.16. The van der Waals surface area contributed by atoms with Crippen LogP contribution < -0.4 is 0 Å². The van der Waals surface area contributed by atoms with Crippen molar-refractivity contribution in [3.05, 3.63) is 53.1 Å². The Labute approximate surface area is 166 Å². The highest BCUT2D eigenvalue weighted by atomic mass is 19.1. The zero-order chi connectivity index (χ0) is 20.3. The lowest BCUT2D eigenvalue weighted by Gasteiger charge is -2.32. The summed E-state index contributed by atoms with van der Waals surface area (Å²) in [6.45, 7) is 9.97. The van der Waals surface area contributed by atoms with Gasteiger partial charge in [-0.2, -0.15) is 5.10 Å². The monoisotopic (exact) mass is 387 g/mol. The molecule has 1 aliphatic heterocycles. The van der Waals surface area contributed by atoms with E-state index in [1.165, 1.54) is 17.8 Å². The maximum atomic E-state index is 13.1. The molecule has 0 spiro atoms. The third kappa shape index (κ3) is 4.98. The molecule has 0 atom stereocenters. The van der Waals surface area contributed by atoms with Crippen molar-refractivity contribution in [3.8, 4) is 0 Å². The van der Waals surface area contributed by atoms with Crippen molar-refractivity contribution in [2.75, 3.05) is 13.1 Å². The van der Waals surface area contributed by atoms with Crippen LogP contribution >= 0.6 is 0 Å². The van der Waals surface area contributed by atoms with Gasteiger partial charge in [0.15, 0.2) is 0 Å². The molecule has 0 saturated carbocycles. The summed E-state index contributed by atoms with van der Waals surface area (Å²) in [6.07, 6.45) is 2.56. The van der Waals surface area contributed by atoms with E-state index in [1.54, 1.807) is 5.06 Å². The van der Waals surface area contributed by atoms with Crippen molar-refractivity contribution >= 4 is 5.97 Å². The minimum absolute atomic E-state index is 0.189. The van der Waals surface area contributed by atoms with Gasteiger partial charge in [-0.15, -0.1) is 5.06 Å². The van der Waals surface area contributed by atoms with E-state index in [0.717, 1.165) is 43.7 Å². The summed E-state index contributed by atoms with van der Waals surface area (Å²) in [4.78, 5) is 17.6. The highest BCUT2D eigenvalue weighted by Crippen LogP contribution is 2.30. The van der Waals surface area contributed by atoms with Gasteiger partial charge < -0.3 is 4.84 Å². The Morgan fingerprint density at radius 1 is 1.21 bits per heavy atom. The average Bonchev–Trinajstić information content (AvgIpc) is 3.06. The number of carbonyl (C=O) groups excluding carboxylic acids is 1. The third-order valence-corrected chi connectivity index (χ3v) is 5.16. The van der Waals surface area contributed by atoms with Gasteiger partial charge in [0.25, 0.3) is 0 Å². The summed E-state index contributed by atoms with van der Waals surface area (Å²) in [5.41, 5.74) is 2.80. The lowest BCUT2D eigenvalue weighted by Crippen LogP contribution is -2.38. The van der Waals surface area contributed by atoms with Crippen LogP contribution in [0.4, 0.5) is 4.39 Å². The molecule has 1 aromatic carbocycles. The van der Waals surface area contributed by atoms with E-state index in [9.17, 15) is 9.18 Å².